The van der Waals surface area contributed by atoms with Crippen LogP contribution in [-0.2, 0) is 0 Å². The predicted octanol–water partition coefficient (Wildman–Crippen LogP) is 10.4. The second kappa shape index (κ2) is 15.4. The minimum atomic E-state index is 0.529. The lowest BCUT2D eigenvalue weighted by Crippen LogP contribution is -2.06. The molecule has 0 aliphatic rings. The van der Waals surface area contributed by atoms with Crippen molar-refractivity contribution in [2.45, 2.75) is 55.7 Å². The van der Waals surface area contributed by atoms with Crippen LogP contribution in [0.4, 0.5) is 0 Å². The predicted molar refractivity (Wildman–Crippen MR) is 190 cm³/mol. The summed E-state index contributed by atoms with van der Waals surface area (Å²) < 4.78 is 12.5. The van der Waals surface area contributed by atoms with Crippen molar-refractivity contribution in [3.05, 3.63) is 84.9 Å². The molecule has 45 heavy (non-hydrogen) atoms. The number of para-hydroxylation sites is 2. The van der Waals surface area contributed by atoms with Gasteiger partial charge in [0.1, 0.15) is 23.1 Å². The number of unbranched alkanes of at least 4 members (excludes halogenated alkanes) is 2. The highest BCUT2D eigenvalue weighted by molar-refractivity contribution is 7.99. The highest BCUT2D eigenvalue weighted by Gasteiger charge is 2.13. The number of ether oxygens (including phenoxy) is 2. The standard InChI is InChI=1S/C37H40N4O2S2/c1-3-5-22-44-26-16-18-30-32(24-26)40-36(38-30)28-12-7-9-14-34(28)42-20-11-21-43-35-15-10-8-13-29(35)37-39-31-19-17-27(25-33(31)41-37)45-23-6-4-2/h7-10,12-19,24-25H,3-6,11,20-23H2,1-2H3,(H,38,40)(H,39,41). The van der Waals surface area contributed by atoms with Crippen LogP contribution in [0.25, 0.3) is 44.8 Å². The third-order valence-corrected chi connectivity index (χ3v) is 9.69. The average molecular weight is 637 g/mol. The minimum Gasteiger partial charge on any atom is -0.493 e. The second-order valence-electron chi connectivity index (χ2n) is 11.0. The molecule has 2 aromatic heterocycles. The van der Waals surface area contributed by atoms with Crippen molar-refractivity contribution in [1.82, 2.24) is 19.9 Å². The van der Waals surface area contributed by atoms with E-state index < -0.39 is 0 Å². The first kappa shape index (κ1) is 31.1. The van der Waals surface area contributed by atoms with Crippen molar-refractivity contribution in [2.75, 3.05) is 24.7 Å². The second-order valence-corrected chi connectivity index (χ2v) is 13.3. The molecule has 0 unspecified atom stereocenters. The van der Waals surface area contributed by atoms with Gasteiger partial charge < -0.3 is 19.4 Å². The van der Waals surface area contributed by atoms with Gasteiger partial charge in [-0.3, -0.25) is 0 Å². The number of fused-ring (bicyclic) bond motifs is 2. The van der Waals surface area contributed by atoms with E-state index in [1.165, 1.54) is 35.5 Å². The van der Waals surface area contributed by atoms with Crippen LogP contribution in [0.5, 0.6) is 11.5 Å². The molecule has 0 radical (unpaired) electrons. The molecule has 8 heteroatoms. The van der Waals surface area contributed by atoms with E-state index in [-0.39, 0.29) is 0 Å². The van der Waals surface area contributed by atoms with Gasteiger partial charge in [0.2, 0.25) is 0 Å². The molecule has 0 fully saturated rings. The Morgan fingerprint density at radius 2 is 1.04 bits per heavy atom. The molecule has 0 amide bonds. The first-order chi connectivity index (χ1) is 22.2. The summed E-state index contributed by atoms with van der Waals surface area (Å²) in [7, 11) is 0. The van der Waals surface area contributed by atoms with E-state index >= 15 is 0 Å². The first-order valence-electron chi connectivity index (χ1n) is 15.9. The van der Waals surface area contributed by atoms with Gasteiger partial charge in [-0.15, -0.1) is 23.5 Å². The van der Waals surface area contributed by atoms with Gasteiger partial charge in [0.05, 0.1) is 46.4 Å². The molecule has 0 atom stereocenters. The van der Waals surface area contributed by atoms with Crippen LogP contribution in [0.15, 0.2) is 94.7 Å². The number of hydrogen-bond acceptors (Lipinski definition) is 6. The van der Waals surface area contributed by atoms with E-state index in [2.05, 4.69) is 72.3 Å². The van der Waals surface area contributed by atoms with Gasteiger partial charge in [0.15, 0.2) is 0 Å². The van der Waals surface area contributed by atoms with Crippen LogP contribution in [0.1, 0.15) is 46.0 Å². The molecule has 6 nitrogen and oxygen atoms in total. The van der Waals surface area contributed by atoms with Crippen LogP contribution in [-0.4, -0.2) is 44.7 Å². The Bertz CT molecular complexity index is 1710. The Kier molecular flexibility index (Phi) is 10.7. The lowest BCUT2D eigenvalue weighted by molar-refractivity contribution is 0.248. The number of hydrogen-bond donors (Lipinski definition) is 2. The lowest BCUT2D eigenvalue weighted by atomic mass is 10.2. The molecular weight excluding hydrogens is 597 g/mol. The largest absolute Gasteiger partial charge is 0.493 e. The zero-order valence-corrected chi connectivity index (χ0v) is 27.6. The number of aromatic amines is 2. The topological polar surface area (TPSA) is 75.8 Å². The third kappa shape index (κ3) is 7.86. The molecule has 0 aliphatic heterocycles. The summed E-state index contributed by atoms with van der Waals surface area (Å²) >= 11 is 3.79. The lowest BCUT2D eigenvalue weighted by Gasteiger charge is -2.12. The van der Waals surface area contributed by atoms with Crippen molar-refractivity contribution in [3.8, 4) is 34.3 Å². The highest BCUT2D eigenvalue weighted by Crippen LogP contribution is 2.33. The van der Waals surface area contributed by atoms with Gasteiger partial charge in [0.25, 0.3) is 0 Å². The maximum atomic E-state index is 6.25. The summed E-state index contributed by atoms with van der Waals surface area (Å²) in [6.07, 6.45) is 5.60. The zero-order chi connectivity index (χ0) is 30.8. The summed E-state index contributed by atoms with van der Waals surface area (Å²) in [5.41, 5.74) is 5.92. The molecule has 2 N–H and O–H groups in total. The molecule has 0 aliphatic carbocycles. The SMILES string of the molecule is CCCCSc1ccc2nc(-c3ccccc3OCCCOc3ccccc3-c3nc4ccc(SCCCC)cc4[nH]3)[nH]c2c1. The van der Waals surface area contributed by atoms with E-state index in [1.54, 1.807) is 0 Å². The van der Waals surface area contributed by atoms with E-state index in [1.807, 2.05) is 59.9 Å². The third-order valence-electron chi connectivity index (χ3n) is 7.53. The van der Waals surface area contributed by atoms with Crippen molar-refractivity contribution in [1.29, 1.82) is 0 Å². The number of thioether (sulfide) groups is 2. The molecule has 2 heterocycles. The maximum Gasteiger partial charge on any atom is 0.142 e. The van der Waals surface area contributed by atoms with Crippen LogP contribution in [0, 0.1) is 0 Å². The number of imidazole rings is 2. The van der Waals surface area contributed by atoms with E-state index in [9.17, 15) is 0 Å². The normalized spacial score (nSPS) is 11.4. The molecular formula is C37H40N4O2S2. The molecule has 0 spiro atoms. The molecule has 0 saturated heterocycles. The fourth-order valence-electron chi connectivity index (χ4n) is 5.08. The van der Waals surface area contributed by atoms with Crippen LogP contribution in [0.2, 0.25) is 0 Å². The van der Waals surface area contributed by atoms with Gasteiger partial charge >= 0.3 is 0 Å². The summed E-state index contributed by atoms with van der Waals surface area (Å²) in [5.74, 6) is 5.52. The average Bonchev–Trinajstić information content (AvgIpc) is 3.69. The molecule has 0 saturated carbocycles. The first-order valence-corrected chi connectivity index (χ1v) is 17.9. The monoisotopic (exact) mass is 636 g/mol. The highest BCUT2D eigenvalue weighted by atomic mass is 32.2. The fraction of sp³-hybridized carbons (Fsp3) is 0.297. The number of H-pyrrole nitrogens is 2. The minimum absolute atomic E-state index is 0.529. The van der Waals surface area contributed by atoms with Crippen LogP contribution in [0.3, 0.4) is 0 Å². The Morgan fingerprint density at radius 3 is 1.51 bits per heavy atom. The van der Waals surface area contributed by atoms with Crippen LogP contribution < -0.4 is 9.47 Å². The summed E-state index contributed by atoms with van der Waals surface area (Å²) in [4.78, 5) is 19.3. The quantitative estimate of drug-likeness (QED) is 0.0813. The van der Waals surface area contributed by atoms with Gasteiger partial charge in [0, 0.05) is 16.2 Å². The van der Waals surface area contributed by atoms with Gasteiger partial charge in [-0.1, -0.05) is 51.0 Å². The molecule has 6 rings (SSSR count). The molecule has 6 aromatic rings. The van der Waals surface area contributed by atoms with Crippen molar-refractivity contribution >= 4 is 45.6 Å². The molecule has 4 aromatic carbocycles. The number of aromatic nitrogens is 4. The fourth-order valence-corrected chi connectivity index (χ4v) is 7.15. The summed E-state index contributed by atoms with van der Waals surface area (Å²) in [5, 5.41) is 0. The summed E-state index contributed by atoms with van der Waals surface area (Å²) in [6.45, 7) is 5.51. The Labute approximate surface area is 273 Å². The van der Waals surface area contributed by atoms with E-state index in [0.29, 0.717) is 13.2 Å². The molecule has 0 bridgehead atoms. The number of nitrogens with zero attached hydrogens (tertiary/aromatic N) is 2. The van der Waals surface area contributed by atoms with Crippen molar-refractivity contribution in [3.63, 3.8) is 0 Å². The Hall–Kier alpha value is -3.88. The van der Waals surface area contributed by atoms with E-state index in [4.69, 9.17) is 19.4 Å². The summed E-state index contributed by atoms with van der Waals surface area (Å²) in [6, 6.07) is 29.0. The van der Waals surface area contributed by atoms with Crippen LogP contribution >= 0.6 is 23.5 Å². The van der Waals surface area contributed by atoms with Gasteiger partial charge in [-0.25, -0.2) is 9.97 Å². The number of nitrogens with one attached hydrogen (secondary N) is 2. The van der Waals surface area contributed by atoms with E-state index in [0.717, 1.165) is 74.3 Å². The number of benzene rings is 4. The maximum absolute atomic E-state index is 6.25. The zero-order valence-electron chi connectivity index (χ0n) is 26.0. The Morgan fingerprint density at radius 1 is 0.578 bits per heavy atom. The van der Waals surface area contributed by atoms with Crippen molar-refractivity contribution < 1.29 is 9.47 Å². The van der Waals surface area contributed by atoms with Crippen molar-refractivity contribution in [2.24, 2.45) is 0 Å². The van der Waals surface area contributed by atoms with Gasteiger partial charge in [-0.05, 0) is 85.0 Å². The molecule has 232 valence electrons. The van der Waals surface area contributed by atoms with Gasteiger partial charge in [-0.2, -0.15) is 0 Å². The smallest absolute Gasteiger partial charge is 0.142 e. The number of rotatable bonds is 16. The Balaban J connectivity index is 1.07.